The number of carbonyl (C=O) groups excluding carboxylic acids is 2. The van der Waals surface area contributed by atoms with Crippen molar-refractivity contribution in [2.75, 3.05) is 0 Å². The van der Waals surface area contributed by atoms with Gasteiger partial charge in [0.05, 0.1) is 5.57 Å². The molecule has 41 heavy (non-hydrogen) atoms. The van der Waals surface area contributed by atoms with Gasteiger partial charge in [-0.05, 0) is 79.1 Å². The third kappa shape index (κ3) is 3.50. The standard InChI is InChI=1S/C33H41F2N3O3/c1-28(2)10-12-33(27-37-26(25(34)35)41-38-27)13-11-32(7)23(19(33)16-28)20(39)14-22-30(5)15-18(17-36)24(40)29(3,4)21(30)8-9-31(22,32)6/h14-15,19,21,23,25H,8-13,16H2,1-7H3/t19-,21-,23-,30-,31+,32+,33-/m0/s1. The van der Waals surface area contributed by atoms with Crippen molar-refractivity contribution < 1.29 is 22.9 Å². The molecule has 1 aromatic heterocycles. The van der Waals surface area contributed by atoms with Crippen LogP contribution in [-0.4, -0.2) is 21.7 Å². The van der Waals surface area contributed by atoms with Gasteiger partial charge in [-0.3, -0.25) is 9.59 Å². The number of nitriles is 1. The van der Waals surface area contributed by atoms with E-state index < -0.39 is 34.0 Å². The lowest BCUT2D eigenvalue weighted by molar-refractivity contribution is -0.160. The summed E-state index contributed by atoms with van der Waals surface area (Å²) < 4.78 is 32.1. The average molecular weight is 566 g/mol. The number of hydrogen-bond donors (Lipinski definition) is 0. The van der Waals surface area contributed by atoms with Gasteiger partial charge in [0.25, 0.3) is 5.89 Å². The third-order valence-corrected chi connectivity index (χ3v) is 12.9. The molecule has 0 radical (unpaired) electrons. The number of alkyl halides is 2. The summed E-state index contributed by atoms with van der Waals surface area (Å²) in [7, 11) is 0. The lowest BCUT2D eigenvalue weighted by Crippen LogP contribution is -2.65. The van der Waals surface area contributed by atoms with E-state index in [-0.39, 0.29) is 45.7 Å². The normalized spacial score (nSPS) is 42.7. The summed E-state index contributed by atoms with van der Waals surface area (Å²) in [6.45, 7) is 15.0. The van der Waals surface area contributed by atoms with Crippen LogP contribution in [0.25, 0.3) is 0 Å². The minimum Gasteiger partial charge on any atom is -0.333 e. The Kier molecular flexibility index (Phi) is 5.86. The lowest BCUT2D eigenvalue weighted by atomic mass is 9.34. The first kappa shape index (κ1) is 28.4. The van der Waals surface area contributed by atoms with Gasteiger partial charge in [0.15, 0.2) is 17.4 Å². The predicted octanol–water partition coefficient (Wildman–Crippen LogP) is 7.48. The van der Waals surface area contributed by atoms with Gasteiger partial charge >= 0.3 is 6.43 Å². The third-order valence-electron chi connectivity index (χ3n) is 12.9. The molecule has 0 aliphatic heterocycles. The molecule has 3 fully saturated rings. The van der Waals surface area contributed by atoms with Crippen molar-refractivity contribution in [3.8, 4) is 6.07 Å². The van der Waals surface area contributed by atoms with Crippen LogP contribution in [-0.2, 0) is 15.0 Å². The number of ketones is 2. The number of Topliss-reactive ketones (excluding diaryl/α,β-unsaturated/α-hetero) is 1. The van der Waals surface area contributed by atoms with Crippen molar-refractivity contribution in [1.29, 1.82) is 5.26 Å². The summed E-state index contributed by atoms with van der Waals surface area (Å²) in [5.41, 5.74) is -1.44. The van der Waals surface area contributed by atoms with Crippen molar-refractivity contribution in [2.45, 2.75) is 105 Å². The summed E-state index contributed by atoms with van der Waals surface area (Å²) in [6, 6.07) is 2.16. The van der Waals surface area contributed by atoms with Crippen LogP contribution in [0.15, 0.2) is 27.8 Å². The summed E-state index contributed by atoms with van der Waals surface area (Å²) in [5, 5.41) is 14.0. The Labute approximate surface area is 241 Å². The van der Waals surface area contributed by atoms with Gasteiger partial charge in [-0.2, -0.15) is 19.0 Å². The topological polar surface area (TPSA) is 96.8 Å². The van der Waals surface area contributed by atoms with E-state index in [4.69, 9.17) is 4.52 Å². The fraction of sp³-hybridized carbons (Fsp3) is 0.727. The molecular weight excluding hydrogens is 524 g/mol. The predicted molar refractivity (Wildman–Crippen MR) is 147 cm³/mol. The summed E-state index contributed by atoms with van der Waals surface area (Å²) in [5.74, 6) is -0.841. The maximum atomic E-state index is 14.6. The van der Waals surface area contributed by atoms with Gasteiger partial charge < -0.3 is 4.52 Å². The highest BCUT2D eigenvalue weighted by Crippen LogP contribution is 2.74. The average Bonchev–Trinajstić information content (AvgIpc) is 3.39. The fourth-order valence-corrected chi connectivity index (χ4v) is 10.5. The van der Waals surface area contributed by atoms with Crippen molar-refractivity contribution >= 4 is 11.6 Å². The van der Waals surface area contributed by atoms with Crippen LogP contribution in [0.1, 0.15) is 112 Å². The van der Waals surface area contributed by atoms with Gasteiger partial charge in [0, 0.05) is 22.2 Å². The van der Waals surface area contributed by atoms with Gasteiger partial charge in [0.2, 0.25) is 0 Å². The molecule has 5 aliphatic carbocycles. The SMILES string of the molecule is CC1(C)CC[C@]2(c3noc(C(F)F)n3)CC[C@]3(C)[C@H](C(=O)C=C4[C@@]5(C)C=C(C#N)C(=O)C(C)(C)[C@@H]5CC[C@]43C)[C@@H]2C1. The van der Waals surface area contributed by atoms with E-state index in [1.54, 1.807) is 0 Å². The molecule has 0 saturated heterocycles. The molecule has 7 atom stereocenters. The Hall–Kier alpha value is -2.69. The van der Waals surface area contributed by atoms with Crippen LogP contribution in [0.5, 0.6) is 0 Å². The van der Waals surface area contributed by atoms with E-state index in [0.717, 1.165) is 44.1 Å². The number of aromatic nitrogens is 2. The largest absolute Gasteiger partial charge is 0.333 e. The van der Waals surface area contributed by atoms with Crippen LogP contribution >= 0.6 is 0 Å². The van der Waals surface area contributed by atoms with Gasteiger partial charge in [-0.25, -0.2) is 0 Å². The first-order valence-corrected chi connectivity index (χ1v) is 15.0. The Morgan fingerprint density at radius 2 is 1.71 bits per heavy atom. The number of hydrogen-bond acceptors (Lipinski definition) is 6. The van der Waals surface area contributed by atoms with Crippen LogP contribution in [0.3, 0.4) is 0 Å². The van der Waals surface area contributed by atoms with E-state index in [1.807, 2.05) is 26.0 Å². The molecule has 1 heterocycles. The first-order valence-electron chi connectivity index (χ1n) is 15.0. The molecule has 220 valence electrons. The Morgan fingerprint density at radius 3 is 2.34 bits per heavy atom. The highest BCUT2D eigenvalue weighted by Gasteiger charge is 2.70. The van der Waals surface area contributed by atoms with Gasteiger partial charge in [-0.15, -0.1) is 0 Å². The monoisotopic (exact) mass is 565 g/mol. The van der Waals surface area contributed by atoms with Gasteiger partial charge in [0.1, 0.15) is 6.07 Å². The second kappa shape index (κ2) is 8.45. The number of carbonyl (C=O) groups is 2. The summed E-state index contributed by atoms with van der Waals surface area (Å²) >= 11 is 0. The molecule has 0 unspecified atom stereocenters. The maximum Gasteiger partial charge on any atom is 0.315 e. The second-order valence-electron chi connectivity index (χ2n) is 15.7. The molecule has 6 nitrogen and oxygen atoms in total. The molecule has 0 amide bonds. The van der Waals surface area contributed by atoms with E-state index in [2.05, 4.69) is 50.8 Å². The Bertz CT molecular complexity index is 1450. The van der Waals surface area contributed by atoms with E-state index in [0.29, 0.717) is 12.2 Å². The zero-order valence-corrected chi connectivity index (χ0v) is 25.2. The minimum absolute atomic E-state index is 0.0183. The number of nitrogens with zero attached hydrogens (tertiary/aromatic N) is 3. The molecular formula is C33H41F2N3O3. The molecule has 1 aromatic rings. The molecule has 0 bridgehead atoms. The number of allylic oxidation sites excluding steroid dienone is 4. The molecule has 5 aliphatic rings. The van der Waals surface area contributed by atoms with E-state index >= 15 is 0 Å². The lowest BCUT2D eigenvalue weighted by Gasteiger charge is -2.69. The van der Waals surface area contributed by atoms with Crippen LogP contribution < -0.4 is 0 Å². The Balaban J connectivity index is 1.52. The van der Waals surface area contributed by atoms with Crippen LogP contribution in [0, 0.1) is 56.2 Å². The van der Waals surface area contributed by atoms with Crippen molar-refractivity contribution in [3.63, 3.8) is 0 Å². The van der Waals surface area contributed by atoms with Crippen molar-refractivity contribution in [3.05, 3.63) is 35.0 Å². The Morgan fingerprint density at radius 1 is 1.02 bits per heavy atom. The fourth-order valence-electron chi connectivity index (χ4n) is 10.5. The van der Waals surface area contributed by atoms with E-state index in [9.17, 15) is 23.6 Å². The van der Waals surface area contributed by atoms with Gasteiger partial charge in [-0.1, -0.05) is 65.3 Å². The summed E-state index contributed by atoms with van der Waals surface area (Å²) in [4.78, 5) is 32.0. The number of rotatable bonds is 2. The maximum absolute atomic E-state index is 14.6. The van der Waals surface area contributed by atoms with Crippen LogP contribution in [0.4, 0.5) is 8.78 Å². The smallest absolute Gasteiger partial charge is 0.315 e. The zero-order valence-electron chi connectivity index (χ0n) is 25.2. The minimum atomic E-state index is -2.84. The zero-order chi connectivity index (χ0) is 30.0. The number of halogens is 2. The number of fused-ring (bicyclic) bond motifs is 7. The molecule has 3 saturated carbocycles. The quantitative estimate of drug-likeness (QED) is 0.369. The molecule has 8 heteroatoms. The van der Waals surface area contributed by atoms with Crippen molar-refractivity contribution in [2.24, 2.45) is 44.8 Å². The molecule has 0 spiro atoms. The molecule has 6 rings (SSSR count). The molecule has 0 N–H and O–H groups in total. The first-order chi connectivity index (χ1) is 19.0. The molecule has 0 aromatic carbocycles. The highest BCUT2D eigenvalue weighted by atomic mass is 19.3. The van der Waals surface area contributed by atoms with Crippen LogP contribution in [0.2, 0.25) is 0 Å². The summed E-state index contributed by atoms with van der Waals surface area (Å²) in [6.07, 6.45) is 6.35. The second-order valence-corrected chi connectivity index (χ2v) is 15.7. The highest BCUT2D eigenvalue weighted by molar-refractivity contribution is 6.04. The van der Waals surface area contributed by atoms with E-state index in [1.165, 1.54) is 0 Å². The van der Waals surface area contributed by atoms with Crippen molar-refractivity contribution in [1.82, 2.24) is 10.1 Å².